The van der Waals surface area contributed by atoms with E-state index in [-0.39, 0.29) is 5.41 Å². The third-order valence-corrected chi connectivity index (χ3v) is 12.3. The Morgan fingerprint density at radius 2 is 1.53 bits per heavy atom. The first-order valence-corrected chi connectivity index (χ1v) is 17.5. The van der Waals surface area contributed by atoms with E-state index in [2.05, 4.69) is 112 Å². The van der Waals surface area contributed by atoms with Crippen molar-refractivity contribution in [3.8, 4) is 11.3 Å². The van der Waals surface area contributed by atoms with Crippen molar-refractivity contribution in [2.75, 3.05) is 0 Å². The zero-order valence-electron chi connectivity index (χ0n) is 22.6. The van der Waals surface area contributed by atoms with E-state index in [1.165, 1.54) is 41.7 Å². The molecule has 3 aromatic heterocycles. The highest BCUT2D eigenvalue weighted by molar-refractivity contribution is 7.32. The van der Waals surface area contributed by atoms with Gasteiger partial charge in [0, 0.05) is 21.0 Å². The number of nitrogens with zero attached hydrogens (tertiary/aromatic N) is 2. The summed E-state index contributed by atoms with van der Waals surface area (Å²) in [6, 6.07) is 24.6. The summed E-state index contributed by atoms with van der Waals surface area (Å²) >= 11 is 1.95. The highest BCUT2D eigenvalue weighted by Gasteiger charge is 2.23. The number of hydrogen-bond donors (Lipinski definition) is 0. The smallest absolute Gasteiger partial charge is 0.230 e. The molecule has 0 spiro atoms. The molecule has 7 rings (SSSR count). The van der Waals surface area contributed by atoms with Crippen LogP contribution in [0.1, 0.15) is 26.3 Å². The van der Waals surface area contributed by atoms with Crippen molar-refractivity contribution in [1.29, 1.82) is 0 Å². The van der Waals surface area contributed by atoms with Gasteiger partial charge < -0.3 is 4.42 Å². The normalized spacial score (nSPS) is 13.0. The molecule has 7 aromatic rings. The predicted octanol–water partition coefficient (Wildman–Crippen LogP) is 9.41. The van der Waals surface area contributed by atoms with Gasteiger partial charge in [0.15, 0.2) is 0 Å². The lowest BCUT2D eigenvalue weighted by atomic mass is 9.82. The van der Waals surface area contributed by atoms with Gasteiger partial charge in [0.05, 0.1) is 19.2 Å². The molecule has 3 heterocycles. The molecule has 38 heavy (non-hydrogen) atoms. The van der Waals surface area contributed by atoms with Crippen molar-refractivity contribution in [2.24, 2.45) is 0 Å². The van der Waals surface area contributed by atoms with E-state index in [1.54, 1.807) is 6.33 Å². The highest BCUT2D eigenvalue weighted by atomic mass is 32.1. The molecule has 0 unspecified atom stereocenters. The highest BCUT2D eigenvalue weighted by Crippen LogP contribution is 2.41. The van der Waals surface area contributed by atoms with E-state index in [0.29, 0.717) is 5.71 Å². The summed E-state index contributed by atoms with van der Waals surface area (Å²) in [7, 11) is -1.39. The molecule has 0 bridgehead atoms. The molecule has 0 fully saturated rings. The summed E-state index contributed by atoms with van der Waals surface area (Å²) in [5.74, 6) is 0. The number of thiophene rings is 1. The van der Waals surface area contributed by atoms with Crippen LogP contribution in [0.4, 0.5) is 0 Å². The summed E-state index contributed by atoms with van der Waals surface area (Å²) in [6.45, 7) is 14.0. The largest absolute Gasteiger partial charge is 0.438 e. The molecule has 0 aliphatic heterocycles. The van der Waals surface area contributed by atoms with E-state index < -0.39 is 8.07 Å². The molecule has 0 N–H and O–H groups in total. The number of rotatable bonds is 2. The Labute approximate surface area is 227 Å². The minimum absolute atomic E-state index is 0.00271. The maximum atomic E-state index is 6.39. The van der Waals surface area contributed by atoms with Gasteiger partial charge in [0.2, 0.25) is 5.71 Å². The predicted molar refractivity (Wildman–Crippen MR) is 167 cm³/mol. The Balaban J connectivity index is 1.52. The third-order valence-electron chi connectivity index (χ3n) is 7.57. The molecule has 0 saturated heterocycles. The van der Waals surface area contributed by atoms with Gasteiger partial charge in [-0.15, -0.1) is 11.3 Å². The Morgan fingerprint density at radius 1 is 0.763 bits per heavy atom. The van der Waals surface area contributed by atoms with Crippen LogP contribution in [-0.2, 0) is 5.41 Å². The lowest BCUT2D eigenvalue weighted by Gasteiger charge is -2.22. The van der Waals surface area contributed by atoms with Crippen LogP contribution in [0.15, 0.2) is 77.5 Å². The quantitative estimate of drug-likeness (QED) is 0.209. The number of benzene rings is 4. The molecular formula is C33H30N2OSSi. The molecule has 0 aliphatic carbocycles. The minimum atomic E-state index is -1.39. The summed E-state index contributed by atoms with van der Waals surface area (Å²) in [5, 5.41) is 8.34. The van der Waals surface area contributed by atoms with Crippen LogP contribution in [0.25, 0.3) is 65.0 Å². The van der Waals surface area contributed by atoms with Crippen LogP contribution in [-0.4, -0.2) is 18.0 Å². The van der Waals surface area contributed by atoms with Crippen LogP contribution in [0.5, 0.6) is 0 Å². The molecule has 0 aliphatic rings. The van der Waals surface area contributed by atoms with Gasteiger partial charge in [-0.05, 0) is 67.4 Å². The molecule has 0 amide bonds. The molecule has 0 radical (unpaired) electrons. The molecule has 0 atom stereocenters. The van der Waals surface area contributed by atoms with Crippen molar-refractivity contribution in [3.05, 3.63) is 78.6 Å². The van der Waals surface area contributed by atoms with Gasteiger partial charge in [-0.2, -0.15) is 0 Å². The molecule has 0 saturated carbocycles. The van der Waals surface area contributed by atoms with Crippen LogP contribution in [0.2, 0.25) is 19.6 Å². The van der Waals surface area contributed by atoms with E-state index in [1.807, 2.05) is 11.3 Å². The summed E-state index contributed by atoms with van der Waals surface area (Å²) in [4.78, 5) is 9.38. The first kappa shape index (κ1) is 23.6. The van der Waals surface area contributed by atoms with Gasteiger partial charge >= 0.3 is 0 Å². The fraction of sp³-hybridized carbons (Fsp3) is 0.212. The fourth-order valence-corrected chi connectivity index (χ4v) is 8.64. The molecule has 3 nitrogen and oxygen atoms in total. The van der Waals surface area contributed by atoms with Gasteiger partial charge in [-0.25, -0.2) is 9.97 Å². The summed E-state index contributed by atoms with van der Waals surface area (Å²) in [6.07, 6.45) is 1.63. The Hall–Kier alpha value is -3.54. The minimum Gasteiger partial charge on any atom is -0.438 e. The van der Waals surface area contributed by atoms with E-state index in [4.69, 9.17) is 9.40 Å². The topological polar surface area (TPSA) is 38.9 Å². The molecule has 4 aromatic carbocycles. The van der Waals surface area contributed by atoms with Crippen LogP contribution < -0.4 is 4.50 Å². The number of hydrogen-bond acceptors (Lipinski definition) is 4. The maximum absolute atomic E-state index is 6.39. The lowest BCUT2D eigenvalue weighted by molar-refractivity contribution is 0.596. The van der Waals surface area contributed by atoms with Gasteiger partial charge in [0.1, 0.15) is 11.9 Å². The lowest BCUT2D eigenvalue weighted by Crippen LogP contribution is -2.34. The van der Waals surface area contributed by atoms with E-state index >= 15 is 0 Å². The van der Waals surface area contributed by atoms with Gasteiger partial charge in [0.25, 0.3) is 0 Å². The van der Waals surface area contributed by atoms with Crippen molar-refractivity contribution in [2.45, 2.75) is 45.8 Å². The summed E-state index contributed by atoms with van der Waals surface area (Å²) < 4.78 is 9.27. The monoisotopic (exact) mass is 530 g/mol. The number of fused-ring (bicyclic) bond motifs is 7. The van der Waals surface area contributed by atoms with Crippen molar-refractivity contribution < 1.29 is 4.42 Å². The average Bonchev–Trinajstić information content (AvgIpc) is 3.48. The second-order valence-electron chi connectivity index (χ2n) is 12.4. The number of aromatic nitrogens is 2. The fourth-order valence-electron chi connectivity index (χ4n) is 5.58. The number of furan rings is 1. The first-order chi connectivity index (χ1) is 18.1. The average molecular weight is 531 g/mol. The second-order valence-corrected chi connectivity index (χ2v) is 18.9. The van der Waals surface area contributed by atoms with Crippen molar-refractivity contribution in [3.63, 3.8) is 0 Å². The van der Waals surface area contributed by atoms with Gasteiger partial charge in [-0.1, -0.05) is 76.8 Å². The zero-order chi connectivity index (χ0) is 26.4. The van der Waals surface area contributed by atoms with E-state index in [0.717, 1.165) is 27.6 Å². The summed E-state index contributed by atoms with van der Waals surface area (Å²) in [5.41, 5.74) is 4.82. The first-order valence-electron chi connectivity index (χ1n) is 13.2. The Kier molecular flexibility index (Phi) is 4.95. The Morgan fingerprint density at radius 3 is 2.32 bits per heavy atom. The van der Waals surface area contributed by atoms with Crippen LogP contribution in [0, 0.1) is 0 Å². The van der Waals surface area contributed by atoms with Crippen LogP contribution >= 0.6 is 11.3 Å². The van der Waals surface area contributed by atoms with Crippen LogP contribution in [0.3, 0.4) is 0 Å². The van der Waals surface area contributed by atoms with E-state index in [9.17, 15) is 0 Å². The third kappa shape index (κ3) is 3.60. The molecule has 5 heteroatoms. The van der Waals surface area contributed by atoms with Crippen molar-refractivity contribution >= 4 is 77.6 Å². The second kappa shape index (κ2) is 7.98. The Bertz CT molecular complexity index is 2050. The zero-order valence-corrected chi connectivity index (χ0v) is 24.5. The van der Waals surface area contributed by atoms with Crippen molar-refractivity contribution in [1.82, 2.24) is 9.97 Å². The standard InChI is InChI=1S/C33H30N2OSSi/c1-33(2,3)26-15-22(13-19-9-7-8-10-23(19)26)30-29-25-14-20-11-12-21-16-28(38(4,5)6)37-31(21)24(20)17-27(25)36-32(29)35-18-34-30/h7-18H,1-6H3. The van der Waals surface area contributed by atoms with Gasteiger partial charge in [-0.3, -0.25) is 0 Å². The molecular weight excluding hydrogens is 501 g/mol. The SMILES string of the molecule is CC(C)(C)c1cc(-c2ncnc3oc4cc5c(ccc6cc([Si](C)(C)C)sc65)cc4c23)cc2ccccc12. The maximum Gasteiger partial charge on any atom is 0.230 e. The molecule has 188 valence electrons.